The van der Waals surface area contributed by atoms with Gasteiger partial charge in [-0.2, -0.15) is 4.98 Å². The van der Waals surface area contributed by atoms with Crippen molar-refractivity contribution in [3.63, 3.8) is 0 Å². The lowest BCUT2D eigenvalue weighted by Crippen LogP contribution is -2.31. The average Bonchev–Trinajstić information content (AvgIpc) is 2.68. The number of rotatable bonds is 9. The summed E-state index contributed by atoms with van der Waals surface area (Å²) in [5, 5.41) is 12.1. The van der Waals surface area contributed by atoms with Crippen molar-refractivity contribution in [3.05, 3.63) is 44.1 Å². The first-order valence-electron chi connectivity index (χ1n) is 9.89. The zero-order chi connectivity index (χ0) is 21.8. The predicted octanol–water partition coefficient (Wildman–Crippen LogP) is 0.373. The fraction of sp³-hybridized carbons (Fsp3) is 0.450. The molecule has 30 heavy (non-hydrogen) atoms. The number of carbonyl (C=O) groups is 1. The molecule has 1 aromatic carbocycles. The monoisotopic (exact) mass is 414 g/mol. The Morgan fingerprint density at radius 2 is 1.93 bits per heavy atom. The molecular weight excluding hydrogens is 388 g/mol. The van der Waals surface area contributed by atoms with Gasteiger partial charge in [-0.05, 0) is 56.5 Å². The van der Waals surface area contributed by atoms with E-state index in [2.05, 4.69) is 20.3 Å². The molecule has 0 bridgehead atoms. The van der Waals surface area contributed by atoms with Gasteiger partial charge in [-0.25, -0.2) is 9.78 Å². The van der Waals surface area contributed by atoms with Crippen LogP contribution in [0.2, 0.25) is 0 Å². The number of nitrogens with zero attached hydrogens (tertiary/aromatic N) is 3. The van der Waals surface area contributed by atoms with Crippen molar-refractivity contribution in [1.82, 2.24) is 24.8 Å². The summed E-state index contributed by atoms with van der Waals surface area (Å²) in [5.74, 6) is -0.727. The lowest BCUT2D eigenvalue weighted by Gasteiger charge is -2.18. The average molecular weight is 414 g/mol. The maximum Gasteiger partial charge on any atom is 0.349 e. The predicted molar refractivity (Wildman–Crippen MR) is 113 cm³/mol. The molecule has 0 radical (unpaired) electrons. The third-order valence-electron chi connectivity index (χ3n) is 5.17. The van der Waals surface area contributed by atoms with Gasteiger partial charge in [0.15, 0.2) is 11.5 Å². The maximum atomic E-state index is 12.3. The molecule has 1 aromatic rings. The van der Waals surface area contributed by atoms with Crippen LogP contribution < -0.4 is 22.3 Å². The molecule has 0 aromatic heterocycles. The second-order valence-corrected chi connectivity index (χ2v) is 7.42. The number of hydrogen-bond acceptors (Lipinski definition) is 7. The maximum absolute atomic E-state index is 12.3. The number of hydrogen-bond donors (Lipinski definition) is 4. The van der Waals surface area contributed by atoms with E-state index in [1.54, 1.807) is 0 Å². The number of aryl methyl sites for hydroxylation is 2. The molecule has 0 aliphatic carbocycles. The van der Waals surface area contributed by atoms with Gasteiger partial charge < -0.3 is 20.7 Å². The van der Waals surface area contributed by atoms with Crippen molar-refractivity contribution in [2.45, 2.75) is 45.7 Å². The summed E-state index contributed by atoms with van der Waals surface area (Å²) in [7, 11) is 0. The van der Waals surface area contributed by atoms with Crippen LogP contribution in [0, 0.1) is 13.8 Å². The highest BCUT2D eigenvalue weighted by Crippen LogP contribution is 2.23. The molecule has 5 N–H and O–H groups in total. The number of aliphatic carboxylic acids is 1. The number of carboxylic acids is 1. The number of carboxylic acid groups (broad SMARTS) is 1. The first-order valence-corrected chi connectivity index (χ1v) is 9.89. The number of aromatic nitrogens is 4. The minimum Gasteiger partial charge on any atom is -0.480 e. The molecule has 0 spiro atoms. The standard InChI is InChI=1S/C20H26N6O4/c1-11-9-14-15(10-12(11)2)26(17-16(23-14)18(27)25-20(30)24-17)8-7-22-6-4-3-5-13(21)19(28)29/h9-10,13,22H,3-8,21H2,1-2H3,(H,28,29)(H,25,27,30)/t13-/m1/s1. The zero-order valence-corrected chi connectivity index (χ0v) is 17.1. The molecule has 0 saturated heterocycles. The molecular formula is C20H26N6O4. The van der Waals surface area contributed by atoms with Crippen LogP contribution in [0.3, 0.4) is 0 Å². The van der Waals surface area contributed by atoms with E-state index in [0.717, 1.165) is 23.1 Å². The Balaban J connectivity index is 1.78. The van der Waals surface area contributed by atoms with Crippen molar-refractivity contribution in [2.75, 3.05) is 13.1 Å². The van der Waals surface area contributed by atoms with Crippen LogP contribution in [0.5, 0.6) is 0 Å². The summed E-state index contributed by atoms with van der Waals surface area (Å²) in [6, 6.07) is 3.08. The zero-order valence-electron chi connectivity index (χ0n) is 17.1. The lowest BCUT2D eigenvalue weighted by molar-refractivity contribution is -0.138. The van der Waals surface area contributed by atoms with Crippen molar-refractivity contribution in [2.24, 2.45) is 5.73 Å². The highest BCUT2D eigenvalue weighted by atomic mass is 16.4. The van der Waals surface area contributed by atoms with Crippen LogP contribution in [0.25, 0.3) is 22.6 Å². The van der Waals surface area contributed by atoms with Crippen molar-refractivity contribution < 1.29 is 9.90 Å². The third kappa shape index (κ3) is 4.71. The van der Waals surface area contributed by atoms with Crippen LogP contribution in [0.4, 0.5) is 0 Å². The summed E-state index contributed by atoms with van der Waals surface area (Å²) < 4.78 is 1.84. The molecule has 0 fully saturated rings. The molecule has 0 amide bonds. The van der Waals surface area contributed by atoms with Crippen molar-refractivity contribution in [3.8, 4) is 11.5 Å². The van der Waals surface area contributed by atoms with E-state index < -0.39 is 23.3 Å². The minimum absolute atomic E-state index is 0.132. The highest BCUT2D eigenvalue weighted by molar-refractivity contribution is 5.81. The molecule has 0 saturated carbocycles. The number of H-pyrrole nitrogens is 1. The summed E-state index contributed by atoms with van der Waals surface area (Å²) in [6.45, 7) is 5.74. The number of aromatic amines is 1. The van der Waals surface area contributed by atoms with E-state index in [-0.39, 0.29) is 11.5 Å². The second-order valence-electron chi connectivity index (χ2n) is 7.42. The van der Waals surface area contributed by atoms with Crippen LogP contribution in [-0.4, -0.2) is 49.7 Å². The fourth-order valence-corrected chi connectivity index (χ4v) is 3.33. The van der Waals surface area contributed by atoms with Crippen LogP contribution >= 0.6 is 0 Å². The van der Waals surface area contributed by atoms with E-state index >= 15 is 0 Å². The van der Waals surface area contributed by atoms with Gasteiger partial charge in [-0.1, -0.05) is 6.42 Å². The fourth-order valence-electron chi connectivity index (χ4n) is 3.33. The smallest absolute Gasteiger partial charge is 0.349 e. The Morgan fingerprint density at radius 1 is 1.20 bits per heavy atom. The van der Waals surface area contributed by atoms with Crippen molar-refractivity contribution in [1.29, 1.82) is 0 Å². The highest BCUT2D eigenvalue weighted by Gasteiger charge is 2.19. The van der Waals surface area contributed by atoms with Crippen LogP contribution in [-0.2, 0) is 11.3 Å². The van der Waals surface area contributed by atoms with E-state index in [1.807, 2.05) is 30.5 Å². The molecule has 10 heteroatoms. The molecule has 2 aliphatic rings. The number of nitrogens with two attached hydrogens (primary N) is 1. The quantitative estimate of drug-likeness (QED) is 0.289. The Kier molecular flexibility index (Phi) is 6.58. The summed E-state index contributed by atoms with van der Waals surface area (Å²) in [6.07, 6.45) is 1.94. The number of unbranched alkanes of at least 4 members (excludes halogenated alkanes) is 1. The Labute approximate surface area is 172 Å². The van der Waals surface area contributed by atoms with Crippen molar-refractivity contribution >= 4 is 17.0 Å². The molecule has 160 valence electrons. The molecule has 10 nitrogen and oxygen atoms in total. The van der Waals surface area contributed by atoms with Gasteiger partial charge in [0.05, 0.1) is 11.0 Å². The Bertz CT molecular complexity index is 1150. The molecule has 2 aliphatic heterocycles. The van der Waals surface area contributed by atoms with Crippen LogP contribution in [0.1, 0.15) is 30.4 Å². The normalized spacial score (nSPS) is 12.5. The van der Waals surface area contributed by atoms with Gasteiger partial charge in [-0.3, -0.25) is 14.6 Å². The van der Waals surface area contributed by atoms with Gasteiger partial charge in [0.1, 0.15) is 6.04 Å². The first kappa shape index (κ1) is 21.6. The van der Waals surface area contributed by atoms with Gasteiger partial charge >= 0.3 is 11.7 Å². The third-order valence-corrected chi connectivity index (χ3v) is 5.17. The molecule has 2 heterocycles. The van der Waals surface area contributed by atoms with Gasteiger partial charge in [0.25, 0.3) is 5.56 Å². The second kappa shape index (κ2) is 9.14. The van der Waals surface area contributed by atoms with Crippen LogP contribution in [0.15, 0.2) is 21.7 Å². The van der Waals surface area contributed by atoms with Gasteiger partial charge in [0, 0.05) is 13.1 Å². The molecule has 1 atom stereocenters. The Hall–Kier alpha value is -3.11. The first-order chi connectivity index (χ1) is 14.3. The number of benzene rings is 1. The van der Waals surface area contributed by atoms with E-state index in [0.29, 0.717) is 38.0 Å². The lowest BCUT2D eigenvalue weighted by atomic mass is 10.1. The van der Waals surface area contributed by atoms with E-state index in [9.17, 15) is 14.4 Å². The Morgan fingerprint density at radius 3 is 2.67 bits per heavy atom. The molecule has 0 unspecified atom stereocenters. The molecule has 3 rings (SSSR count). The van der Waals surface area contributed by atoms with E-state index in [1.165, 1.54) is 0 Å². The largest absolute Gasteiger partial charge is 0.480 e. The topological polar surface area (TPSA) is 156 Å². The SMILES string of the molecule is Cc1cc2nc3c(=O)[nH]c(=O)nc-3n(CCNCCCC[C@@H](N)C(=O)O)c2cc1C. The van der Waals surface area contributed by atoms with Gasteiger partial charge in [0.2, 0.25) is 0 Å². The number of nitrogens with one attached hydrogen (secondary N) is 2. The number of fused-ring (bicyclic) bond motifs is 2. The van der Waals surface area contributed by atoms with Gasteiger partial charge in [-0.15, -0.1) is 0 Å². The summed E-state index contributed by atoms with van der Waals surface area (Å²) in [4.78, 5) is 45.4. The minimum atomic E-state index is -0.985. The summed E-state index contributed by atoms with van der Waals surface area (Å²) >= 11 is 0. The van der Waals surface area contributed by atoms with E-state index in [4.69, 9.17) is 10.8 Å². The summed E-state index contributed by atoms with van der Waals surface area (Å²) in [5.41, 5.74) is 7.98.